The molecule has 0 fully saturated rings. The van der Waals surface area contributed by atoms with Crippen LogP contribution in [0.15, 0.2) is 48.5 Å². The van der Waals surface area contributed by atoms with Gasteiger partial charge in [-0.05, 0) is 47.4 Å². The van der Waals surface area contributed by atoms with Gasteiger partial charge in [0.05, 0.1) is 0 Å². The molecular formula is C26H32N2O5. The number of hydrogen-bond acceptors (Lipinski definition) is 4. The summed E-state index contributed by atoms with van der Waals surface area (Å²) in [6.45, 7) is 7.63. The standard InChI is InChI=1S/C26H32N2O5/c1-16(24(30)31)27-23(29)22(13-14-26(2,3)4)28-25(32)33-15-21-19-11-7-5-9-17(19)18-10-6-8-12-20(18)21/h5-12,16,21-22H,13-15H2,1-4H3,(H,27,29)(H,28,32)(H,30,31)/t16-,22?/m0/s1. The number of nitrogens with one attached hydrogen (secondary N) is 2. The number of carbonyl (C=O) groups excluding carboxylic acids is 2. The summed E-state index contributed by atoms with van der Waals surface area (Å²) in [6.07, 6.45) is 0.330. The van der Waals surface area contributed by atoms with Crippen molar-refractivity contribution in [1.29, 1.82) is 0 Å². The first kappa shape index (κ1) is 24.3. The lowest BCUT2D eigenvalue weighted by atomic mass is 9.88. The van der Waals surface area contributed by atoms with Gasteiger partial charge < -0.3 is 20.5 Å². The van der Waals surface area contributed by atoms with E-state index in [9.17, 15) is 14.4 Å². The highest BCUT2D eigenvalue weighted by Crippen LogP contribution is 2.44. The first-order valence-corrected chi connectivity index (χ1v) is 11.2. The number of benzene rings is 2. The van der Waals surface area contributed by atoms with E-state index in [1.54, 1.807) is 0 Å². The molecule has 0 bridgehead atoms. The van der Waals surface area contributed by atoms with Gasteiger partial charge in [-0.2, -0.15) is 0 Å². The summed E-state index contributed by atoms with van der Waals surface area (Å²) in [5.74, 6) is -1.77. The lowest BCUT2D eigenvalue weighted by Gasteiger charge is -2.24. The van der Waals surface area contributed by atoms with Crippen LogP contribution in [0.2, 0.25) is 0 Å². The Hall–Kier alpha value is -3.35. The number of amides is 2. The van der Waals surface area contributed by atoms with E-state index in [0.29, 0.717) is 12.8 Å². The Morgan fingerprint density at radius 1 is 0.970 bits per heavy atom. The molecule has 2 aromatic carbocycles. The van der Waals surface area contributed by atoms with Gasteiger partial charge in [-0.15, -0.1) is 0 Å². The van der Waals surface area contributed by atoms with E-state index in [4.69, 9.17) is 9.84 Å². The van der Waals surface area contributed by atoms with Crippen LogP contribution in [-0.4, -0.2) is 41.8 Å². The van der Waals surface area contributed by atoms with E-state index in [-0.39, 0.29) is 17.9 Å². The SMILES string of the molecule is C[C@H](NC(=O)C(CCC(C)(C)C)NC(=O)OCC1c2ccccc2-c2ccccc21)C(=O)O. The van der Waals surface area contributed by atoms with Crippen LogP contribution in [0.1, 0.15) is 57.6 Å². The molecular weight excluding hydrogens is 420 g/mol. The Kier molecular flexibility index (Phi) is 7.41. The van der Waals surface area contributed by atoms with Crippen molar-refractivity contribution in [2.75, 3.05) is 6.61 Å². The normalized spacial score (nSPS) is 14.5. The van der Waals surface area contributed by atoms with Gasteiger partial charge in [0.2, 0.25) is 5.91 Å². The second-order valence-electron chi connectivity index (χ2n) is 9.69. The number of aliphatic carboxylic acids is 1. The molecule has 33 heavy (non-hydrogen) atoms. The Morgan fingerprint density at radius 2 is 1.52 bits per heavy atom. The van der Waals surface area contributed by atoms with Crippen LogP contribution in [-0.2, 0) is 14.3 Å². The molecule has 3 rings (SSSR count). The average molecular weight is 453 g/mol. The maximum absolute atomic E-state index is 12.7. The van der Waals surface area contributed by atoms with Gasteiger partial charge in [-0.25, -0.2) is 4.79 Å². The smallest absolute Gasteiger partial charge is 0.407 e. The minimum atomic E-state index is -1.14. The minimum Gasteiger partial charge on any atom is -0.480 e. The summed E-state index contributed by atoms with van der Waals surface area (Å²) in [4.78, 5) is 36.4. The molecule has 2 atom stereocenters. The summed E-state index contributed by atoms with van der Waals surface area (Å²) < 4.78 is 5.56. The third-order valence-electron chi connectivity index (χ3n) is 5.86. The molecule has 3 N–H and O–H groups in total. The molecule has 1 unspecified atom stereocenters. The Balaban J connectivity index is 1.67. The lowest BCUT2D eigenvalue weighted by Crippen LogP contribution is -2.51. The van der Waals surface area contributed by atoms with E-state index in [1.165, 1.54) is 6.92 Å². The quantitative estimate of drug-likeness (QED) is 0.554. The molecule has 1 aliphatic rings. The number of carboxylic acids is 1. The van der Waals surface area contributed by atoms with E-state index >= 15 is 0 Å². The fourth-order valence-corrected chi connectivity index (χ4v) is 4.00. The van der Waals surface area contributed by atoms with Crippen molar-refractivity contribution in [2.45, 2.75) is 58.5 Å². The Bertz CT molecular complexity index is 982. The number of carboxylic acid groups (broad SMARTS) is 1. The fourth-order valence-electron chi connectivity index (χ4n) is 4.00. The van der Waals surface area contributed by atoms with Crippen LogP contribution in [0.25, 0.3) is 11.1 Å². The zero-order valence-corrected chi connectivity index (χ0v) is 19.6. The van der Waals surface area contributed by atoms with Crippen LogP contribution in [0.4, 0.5) is 4.79 Å². The predicted molar refractivity (Wildman–Crippen MR) is 126 cm³/mol. The van der Waals surface area contributed by atoms with E-state index in [0.717, 1.165) is 22.3 Å². The molecule has 7 heteroatoms. The number of hydrogen-bond donors (Lipinski definition) is 3. The monoisotopic (exact) mass is 452 g/mol. The maximum atomic E-state index is 12.7. The Labute approximate surface area is 194 Å². The lowest BCUT2D eigenvalue weighted by molar-refractivity contribution is -0.141. The molecule has 1 aliphatic carbocycles. The van der Waals surface area contributed by atoms with Crippen LogP contribution in [0, 0.1) is 5.41 Å². The van der Waals surface area contributed by atoms with Gasteiger partial charge >= 0.3 is 12.1 Å². The van der Waals surface area contributed by atoms with Crippen molar-refractivity contribution in [1.82, 2.24) is 10.6 Å². The largest absolute Gasteiger partial charge is 0.480 e. The summed E-state index contributed by atoms with van der Waals surface area (Å²) >= 11 is 0. The fraction of sp³-hybridized carbons (Fsp3) is 0.423. The van der Waals surface area contributed by atoms with Gasteiger partial charge in [0.1, 0.15) is 18.7 Å². The minimum absolute atomic E-state index is 0.0558. The number of alkyl carbamates (subject to hydrolysis) is 1. The van der Waals surface area contributed by atoms with Gasteiger partial charge in [-0.3, -0.25) is 9.59 Å². The first-order chi connectivity index (χ1) is 15.6. The molecule has 176 valence electrons. The van der Waals surface area contributed by atoms with Gasteiger partial charge in [0, 0.05) is 5.92 Å². The van der Waals surface area contributed by atoms with Gasteiger partial charge in [0.15, 0.2) is 0 Å². The van der Waals surface area contributed by atoms with Crippen LogP contribution in [0.5, 0.6) is 0 Å². The molecule has 0 aromatic heterocycles. The van der Waals surface area contributed by atoms with Gasteiger partial charge in [-0.1, -0.05) is 69.3 Å². The summed E-state index contributed by atoms with van der Waals surface area (Å²) in [5.41, 5.74) is 4.41. The molecule has 0 spiro atoms. The van der Waals surface area contributed by atoms with Crippen LogP contribution in [0.3, 0.4) is 0 Å². The highest BCUT2D eigenvalue weighted by Gasteiger charge is 2.30. The highest BCUT2D eigenvalue weighted by atomic mass is 16.5. The van der Waals surface area contributed by atoms with Crippen molar-refractivity contribution in [3.8, 4) is 11.1 Å². The second kappa shape index (κ2) is 10.1. The topological polar surface area (TPSA) is 105 Å². The number of ether oxygens (including phenoxy) is 1. The predicted octanol–water partition coefficient (Wildman–Crippen LogP) is 4.31. The molecule has 0 aliphatic heterocycles. The molecule has 0 saturated carbocycles. The average Bonchev–Trinajstić information content (AvgIpc) is 3.08. The van der Waals surface area contributed by atoms with Crippen molar-refractivity contribution in [3.63, 3.8) is 0 Å². The number of rotatable bonds is 8. The summed E-state index contributed by atoms with van der Waals surface area (Å²) in [6, 6.07) is 14.2. The van der Waals surface area contributed by atoms with Crippen molar-refractivity contribution in [3.05, 3.63) is 59.7 Å². The van der Waals surface area contributed by atoms with Gasteiger partial charge in [0.25, 0.3) is 0 Å². The van der Waals surface area contributed by atoms with E-state index < -0.39 is 30.1 Å². The zero-order chi connectivity index (χ0) is 24.2. The first-order valence-electron chi connectivity index (χ1n) is 11.2. The summed E-state index contributed by atoms with van der Waals surface area (Å²) in [5, 5.41) is 14.2. The molecule has 0 radical (unpaired) electrons. The van der Waals surface area contributed by atoms with Crippen molar-refractivity contribution >= 4 is 18.0 Å². The Morgan fingerprint density at radius 3 is 2.03 bits per heavy atom. The number of fused-ring (bicyclic) bond motifs is 3. The number of carbonyl (C=O) groups is 3. The van der Waals surface area contributed by atoms with Crippen LogP contribution >= 0.6 is 0 Å². The molecule has 2 aromatic rings. The highest BCUT2D eigenvalue weighted by molar-refractivity contribution is 5.89. The third kappa shape index (κ3) is 6.12. The second-order valence-corrected chi connectivity index (χ2v) is 9.69. The third-order valence-corrected chi connectivity index (χ3v) is 5.86. The molecule has 0 saturated heterocycles. The van der Waals surface area contributed by atoms with E-state index in [2.05, 4.69) is 22.8 Å². The molecule has 7 nitrogen and oxygen atoms in total. The zero-order valence-electron chi connectivity index (χ0n) is 19.6. The van der Waals surface area contributed by atoms with Crippen molar-refractivity contribution < 1.29 is 24.2 Å². The maximum Gasteiger partial charge on any atom is 0.407 e. The van der Waals surface area contributed by atoms with Crippen LogP contribution < -0.4 is 10.6 Å². The van der Waals surface area contributed by atoms with Crippen molar-refractivity contribution in [2.24, 2.45) is 5.41 Å². The van der Waals surface area contributed by atoms with E-state index in [1.807, 2.05) is 57.2 Å². The molecule has 2 amide bonds. The molecule has 0 heterocycles. The summed E-state index contributed by atoms with van der Waals surface area (Å²) in [7, 11) is 0.